The molecule has 26 heavy (non-hydrogen) atoms. The lowest BCUT2D eigenvalue weighted by Gasteiger charge is -2.34. The summed E-state index contributed by atoms with van der Waals surface area (Å²) in [6, 6.07) is 11.5. The summed E-state index contributed by atoms with van der Waals surface area (Å²) in [5, 5.41) is 12.3. The van der Waals surface area contributed by atoms with Crippen molar-refractivity contribution in [3.05, 3.63) is 36.4 Å². The highest BCUT2D eigenvalue weighted by atomic mass is 35.5. The monoisotopic (exact) mass is 397 g/mol. The third-order valence-corrected chi connectivity index (χ3v) is 4.49. The van der Waals surface area contributed by atoms with E-state index in [-0.39, 0.29) is 6.29 Å². The highest BCUT2D eigenvalue weighted by Crippen LogP contribution is 2.34. The molecule has 0 spiro atoms. The number of nitrogens with two attached hydrogens (primary N) is 1. The maximum absolute atomic E-state index is 6.05. The fraction of sp³-hybridized carbons (Fsp3) is 0.294. The van der Waals surface area contributed by atoms with Crippen LogP contribution in [0.2, 0.25) is 0 Å². The molecular weight excluding hydrogens is 377 g/mol. The maximum atomic E-state index is 6.05. The van der Waals surface area contributed by atoms with E-state index in [1.54, 1.807) is 14.2 Å². The summed E-state index contributed by atoms with van der Waals surface area (Å²) < 4.78 is 10.8. The van der Waals surface area contributed by atoms with Gasteiger partial charge >= 0.3 is 0 Å². The maximum Gasteiger partial charge on any atom is 0.142 e. The van der Waals surface area contributed by atoms with Gasteiger partial charge in [0.25, 0.3) is 0 Å². The van der Waals surface area contributed by atoms with Crippen molar-refractivity contribution in [1.82, 2.24) is 16.0 Å². The third kappa shape index (κ3) is 4.25. The van der Waals surface area contributed by atoms with Crippen LogP contribution in [0.4, 0.5) is 11.4 Å². The molecule has 0 radical (unpaired) electrons. The Labute approximate surface area is 162 Å². The zero-order valence-corrected chi connectivity index (χ0v) is 15.9. The van der Waals surface area contributed by atoms with Crippen LogP contribution in [-0.2, 0) is 0 Å². The minimum absolute atomic E-state index is 0.322. The predicted molar refractivity (Wildman–Crippen MR) is 105 cm³/mol. The summed E-state index contributed by atoms with van der Waals surface area (Å²) >= 11 is 12.1. The molecular formula is C17H21Cl2N5O2. The number of ether oxygens (including phenoxy) is 2. The van der Waals surface area contributed by atoms with Gasteiger partial charge in [0, 0.05) is 0 Å². The van der Waals surface area contributed by atoms with Crippen molar-refractivity contribution in [3.8, 4) is 22.6 Å². The summed E-state index contributed by atoms with van der Waals surface area (Å²) in [4.78, 5) is 0. The number of rotatable bonds is 5. The number of nitrogens with one attached hydrogen (secondary N) is 4. The average Bonchev–Trinajstić information content (AvgIpc) is 2.61. The normalized spacial score (nSPS) is 22.7. The van der Waals surface area contributed by atoms with Crippen molar-refractivity contribution in [3.63, 3.8) is 0 Å². The largest absolute Gasteiger partial charge is 0.495 e. The minimum Gasteiger partial charge on any atom is -0.495 e. The molecule has 140 valence electrons. The zero-order valence-electron chi connectivity index (χ0n) is 14.3. The van der Waals surface area contributed by atoms with Crippen LogP contribution in [0.25, 0.3) is 11.1 Å². The van der Waals surface area contributed by atoms with Gasteiger partial charge < -0.3 is 20.5 Å². The van der Waals surface area contributed by atoms with Gasteiger partial charge in [-0.1, -0.05) is 35.3 Å². The second-order valence-corrected chi connectivity index (χ2v) is 6.55. The molecule has 7 nitrogen and oxygen atoms in total. The number of methoxy groups -OCH3 is 2. The standard InChI is InChI=1S/C17H21Cl2N5O2/c1-25-13-7-9(3-5-11(13)20)10-4-6-12(14(8-10)26-2)21-17-23-15(18)22-16(19)24-17/h3-8,15-17,21-24H,20H2,1-2H3. The Morgan fingerprint density at radius 1 is 0.885 bits per heavy atom. The highest BCUT2D eigenvalue weighted by molar-refractivity contribution is 6.23. The van der Waals surface area contributed by atoms with Crippen molar-refractivity contribution in [2.75, 3.05) is 25.3 Å². The molecule has 0 amide bonds. The Kier molecular flexibility index (Phi) is 5.95. The first-order valence-electron chi connectivity index (χ1n) is 7.95. The third-order valence-electron chi connectivity index (χ3n) is 3.99. The molecule has 1 aliphatic heterocycles. The molecule has 0 aromatic heterocycles. The molecule has 1 aliphatic rings. The summed E-state index contributed by atoms with van der Waals surface area (Å²) in [6.07, 6.45) is -0.322. The van der Waals surface area contributed by atoms with Crippen molar-refractivity contribution in [2.45, 2.75) is 17.5 Å². The van der Waals surface area contributed by atoms with Crippen LogP contribution in [0.15, 0.2) is 36.4 Å². The summed E-state index contributed by atoms with van der Waals surface area (Å²) in [7, 11) is 3.21. The van der Waals surface area contributed by atoms with Gasteiger partial charge in [-0.3, -0.25) is 16.0 Å². The van der Waals surface area contributed by atoms with Gasteiger partial charge in [-0.2, -0.15) is 0 Å². The number of hydrogen-bond donors (Lipinski definition) is 5. The molecule has 6 N–H and O–H groups in total. The van der Waals surface area contributed by atoms with Crippen LogP contribution < -0.4 is 36.5 Å². The van der Waals surface area contributed by atoms with Crippen LogP contribution in [0, 0.1) is 0 Å². The molecule has 1 fully saturated rings. The van der Waals surface area contributed by atoms with E-state index in [9.17, 15) is 0 Å². The highest BCUT2D eigenvalue weighted by Gasteiger charge is 2.24. The van der Waals surface area contributed by atoms with E-state index < -0.39 is 11.2 Å². The molecule has 2 atom stereocenters. The van der Waals surface area contributed by atoms with Crippen LogP contribution in [0.5, 0.6) is 11.5 Å². The van der Waals surface area contributed by atoms with Crippen molar-refractivity contribution in [2.24, 2.45) is 0 Å². The molecule has 2 aromatic rings. The topological polar surface area (TPSA) is 92.6 Å². The van der Waals surface area contributed by atoms with Gasteiger partial charge in [0.1, 0.15) is 29.0 Å². The quantitative estimate of drug-likeness (QED) is 0.300. The Hall–Kier alpha value is -1.90. The van der Waals surface area contributed by atoms with Gasteiger partial charge in [0.15, 0.2) is 0 Å². The smallest absolute Gasteiger partial charge is 0.142 e. The van der Waals surface area contributed by atoms with Crippen LogP contribution in [0.3, 0.4) is 0 Å². The number of nitrogen functional groups attached to an aromatic ring is 1. The number of halogens is 2. The van der Waals surface area contributed by atoms with Crippen molar-refractivity contribution >= 4 is 34.6 Å². The first kappa shape index (κ1) is 18.9. The van der Waals surface area contributed by atoms with E-state index in [2.05, 4.69) is 21.3 Å². The molecule has 9 heteroatoms. The zero-order chi connectivity index (χ0) is 18.7. The van der Waals surface area contributed by atoms with E-state index in [1.807, 2.05) is 36.4 Å². The molecule has 1 saturated heterocycles. The average molecular weight is 398 g/mol. The van der Waals surface area contributed by atoms with Crippen LogP contribution in [0.1, 0.15) is 0 Å². The summed E-state index contributed by atoms with van der Waals surface area (Å²) in [5.41, 5.74) is 8.31. The number of benzene rings is 2. The molecule has 0 bridgehead atoms. The van der Waals surface area contributed by atoms with Crippen LogP contribution in [-0.4, -0.2) is 31.8 Å². The minimum atomic E-state index is -0.455. The second kappa shape index (κ2) is 8.20. The molecule has 0 saturated carbocycles. The van der Waals surface area contributed by atoms with E-state index in [0.717, 1.165) is 16.8 Å². The van der Waals surface area contributed by atoms with Crippen molar-refractivity contribution < 1.29 is 9.47 Å². The van der Waals surface area contributed by atoms with Gasteiger partial charge in [0.05, 0.1) is 25.6 Å². The van der Waals surface area contributed by atoms with Gasteiger partial charge in [-0.15, -0.1) is 0 Å². The fourth-order valence-corrected chi connectivity index (χ4v) is 3.25. The summed E-state index contributed by atoms with van der Waals surface area (Å²) in [6.45, 7) is 0. The molecule has 1 heterocycles. The first-order chi connectivity index (χ1) is 12.5. The van der Waals surface area contributed by atoms with Crippen molar-refractivity contribution in [1.29, 1.82) is 0 Å². The lowest BCUT2D eigenvalue weighted by atomic mass is 10.0. The molecule has 3 rings (SSSR count). The fourth-order valence-electron chi connectivity index (χ4n) is 2.69. The van der Waals surface area contributed by atoms with Gasteiger partial charge in [-0.05, 0) is 35.4 Å². The lowest BCUT2D eigenvalue weighted by molar-refractivity contribution is 0.313. The summed E-state index contributed by atoms with van der Waals surface area (Å²) in [5.74, 6) is 1.31. The van der Waals surface area contributed by atoms with Gasteiger partial charge in [0.2, 0.25) is 0 Å². The number of alkyl halides is 2. The van der Waals surface area contributed by atoms with Gasteiger partial charge in [-0.25, -0.2) is 0 Å². The lowest BCUT2D eigenvalue weighted by Crippen LogP contribution is -2.66. The Morgan fingerprint density at radius 3 is 2.08 bits per heavy atom. The van der Waals surface area contributed by atoms with E-state index in [4.69, 9.17) is 38.4 Å². The number of hydrogen-bond acceptors (Lipinski definition) is 7. The van der Waals surface area contributed by atoms with E-state index >= 15 is 0 Å². The Morgan fingerprint density at radius 2 is 1.46 bits per heavy atom. The Balaban J connectivity index is 1.84. The van der Waals surface area contributed by atoms with Crippen LogP contribution >= 0.6 is 23.2 Å². The predicted octanol–water partition coefficient (Wildman–Crippen LogP) is 2.48. The molecule has 2 aromatic carbocycles. The SMILES string of the molecule is COc1cc(-c2ccc(NC3NC(Cl)NC(Cl)N3)c(OC)c2)ccc1N. The Bertz CT molecular complexity index is 767. The van der Waals surface area contributed by atoms with E-state index in [1.165, 1.54) is 0 Å². The molecule has 2 unspecified atom stereocenters. The molecule has 0 aliphatic carbocycles. The second-order valence-electron chi connectivity index (χ2n) is 5.67. The first-order valence-corrected chi connectivity index (χ1v) is 8.82. The number of anilines is 2. The van der Waals surface area contributed by atoms with E-state index in [0.29, 0.717) is 17.2 Å².